The van der Waals surface area contributed by atoms with E-state index in [2.05, 4.69) is 84.0 Å². The Morgan fingerprint density at radius 2 is 1.38 bits per heavy atom. The number of rotatable bonds is 15. The molecule has 3 heterocycles. The van der Waals surface area contributed by atoms with Crippen LogP contribution in [0.2, 0.25) is 0 Å². The van der Waals surface area contributed by atoms with Crippen LogP contribution in [0.5, 0.6) is 28.7 Å². The normalized spacial score (nSPS) is 14.1. The summed E-state index contributed by atoms with van der Waals surface area (Å²) in [4.78, 5) is 8.79. The van der Waals surface area contributed by atoms with Crippen molar-refractivity contribution in [3.63, 3.8) is 0 Å². The number of benzene rings is 4. The van der Waals surface area contributed by atoms with Gasteiger partial charge in [0.2, 0.25) is 0 Å². The summed E-state index contributed by atoms with van der Waals surface area (Å²) in [6.45, 7) is 15.2. The summed E-state index contributed by atoms with van der Waals surface area (Å²) < 4.78 is 16.7. The fraction of sp³-hybridized carbons (Fsp3) is 0.259. The van der Waals surface area contributed by atoms with Gasteiger partial charge >= 0.3 is 0 Å². The Morgan fingerprint density at radius 3 is 1.95 bits per heavy atom. The number of phenolic OH excluding ortho intramolecular Hbond substituents is 2. The van der Waals surface area contributed by atoms with Gasteiger partial charge in [-0.2, -0.15) is 0 Å². The molecule has 0 bridgehead atoms. The summed E-state index contributed by atoms with van der Waals surface area (Å²) in [7, 11) is 3.23. The van der Waals surface area contributed by atoms with Gasteiger partial charge in [0.15, 0.2) is 11.5 Å². The molecule has 2 atom stereocenters. The first-order chi connectivity index (χ1) is 30.9. The minimum Gasteiger partial charge on any atom is -0.505 e. The molecule has 6 aromatic rings. The number of hydrogen-bond acceptors (Lipinski definition) is 10. The molecule has 332 valence electrons. The molecule has 10 nitrogen and oxygen atoms in total. The van der Waals surface area contributed by atoms with Crippen molar-refractivity contribution in [2.45, 2.75) is 73.1 Å². The van der Waals surface area contributed by atoms with Gasteiger partial charge in [-0.15, -0.1) is 0 Å². The van der Waals surface area contributed by atoms with Gasteiger partial charge in [0, 0.05) is 46.5 Å². The summed E-state index contributed by atoms with van der Waals surface area (Å²) in [5, 5.41) is 34.6. The zero-order valence-electron chi connectivity index (χ0n) is 38.4. The molecule has 0 spiro atoms. The van der Waals surface area contributed by atoms with E-state index in [-0.39, 0.29) is 29.7 Å². The maximum absolute atomic E-state index is 11.2. The Hall–Kier alpha value is -7.20. The first-order valence-corrected chi connectivity index (χ1v) is 21.7. The third-order valence-corrected chi connectivity index (χ3v) is 10.9. The van der Waals surface area contributed by atoms with E-state index in [1.165, 1.54) is 11.1 Å². The number of pyridine rings is 2. The molecular formula is C54H61N5O5. The summed E-state index contributed by atoms with van der Waals surface area (Å²) >= 11 is 0. The molecule has 2 aromatic heterocycles. The molecule has 0 saturated carbocycles. The number of dihydropyridines is 1. The molecule has 64 heavy (non-hydrogen) atoms. The van der Waals surface area contributed by atoms with Crippen LogP contribution in [0.1, 0.15) is 89.2 Å². The van der Waals surface area contributed by atoms with E-state index in [4.69, 9.17) is 14.2 Å². The standard InChI is InChI=1S/C29H34N2O3.C25H27N3O2/c1-7-19(2)10-11-20(3)17-21(4)31-27(23-13-15-25(33-5)26(18-23)34-6)24-14-12-22-9-8-16-30-28(22)29(24)32;1-16(2)30-20-9-6-19(7-10-20)23(28-22-15-17(3)12-14-26-22)21-11-8-18-5-4-13-27-24(18)25(21)29/h8-18,27,31-32H,7H2,1-6H3;4-13,15-16,23,26,28-29H,14H2,1-3H3/b19-10+,20-11-,21-17+;. The van der Waals surface area contributed by atoms with Crippen LogP contribution >= 0.6 is 0 Å². The van der Waals surface area contributed by atoms with Crippen LogP contribution in [0.25, 0.3) is 21.8 Å². The molecule has 2 unspecified atom stereocenters. The number of phenols is 2. The van der Waals surface area contributed by atoms with Crippen LogP contribution in [-0.2, 0) is 0 Å². The second kappa shape index (κ2) is 21.7. The topological polar surface area (TPSA) is 130 Å². The molecule has 0 saturated heterocycles. The van der Waals surface area contributed by atoms with Crippen molar-refractivity contribution in [3.05, 3.63) is 184 Å². The highest BCUT2D eigenvalue weighted by Gasteiger charge is 2.23. The molecule has 0 fully saturated rings. The number of nitrogens with one attached hydrogen (secondary N) is 3. The van der Waals surface area contributed by atoms with Crippen molar-refractivity contribution in [2.75, 3.05) is 20.8 Å². The minimum absolute atomic E-state index is 0.117. The van der Waals surface area contributed by atoms with E-state index in [0.717, 1.165) is 68.8 Å². The second-order valence-corrected chi connectivity index (χ2v) is 16.2. The van der Waals surface area contributed by atoms with E-state index in [9.17, 15) is 10.2 Å². The summed E-state index contributed by atoms with van der Waals surface area (Å²) in [5.41, 5.74) is 9.25. The Kier molecular flexibility index (Phi) is 15.7. The van der Waals surface area contributed by atoms with Crippen molar-refractivity contribution in [2.24, 2.45) is 0 Å². The summed E-state index contributed by atoms with van der Waals surface area (Å²) in [5.74, 6) is 3.37. The zero-order valence-corrected chi connectivity index (χ0v) is 38.4. The molecule has 1 aliphatic heterocycles. The fourth-order valence-corrected chi connectivity index (χ4v) is 7.44. The van der Waals surface area contributed by atoms with Gasteiger partial charge in [0.25, 0.3) is 0 Å². The van der Waals surface area contributed by atoms with Gasteiger partial charge < -0.3 is 40.4 Å². The van der Waals surface area contributed by atoms with Crippen LogP contribution < -0.4 is 30.2 Å². The third-order valence-electron chi connectivity index (χ3n) is 10.9. The number of aromatic hydroxyl groups is 2. The first kappa shape index (κ1) is 46.3. The van der Waals surface area contributed by atoms with E-state index in [0.29, 0.717) is 22.5 Å². The van der Waals surface area contributed by atoms with Crippen LogP contribution in [0.3, 0.4) is 0 Å². The molecule has 0 radical (unpaired) electrons. The third kappa shape index (κ3) is 11.6. The maximum Gasteiger partial charge on any atom is 0.161 e. The van der Waals surface area contributed by atoms with E-state index in [1.54, 1.807) is 26.6 Å². The number of allylic oxidation sites excluding steroid dienone is 8. The monoisotopic (exact) mass is 859 g/mol. The largest absolute Gasteiger partial charge is 0.505 e. The predicted molar refractivity (Wildman–Crippen MR) is 260 cm³/mol. The van der Waals surface area contributed by atoms with E-state index >= 15 is 0 Å². The van der Waals surface area contributed by atoms with Crippen molar-refractivity contribution in [3.8, 4) is 28.7 Å². The first-order valence-electron chi connectivity index (χ1n) is 21.7. The van der Waals surface area contributed by atoms with Crippen LogP contribution in [0.4, 0.5) is 0 Å². The minimum atomic E-state index is -0.330. The molecule has 5 N–H and O–H groups in total. The molecule has 1 aliphatic rings. The summed E-state index contributed by atoms with van der Waals surface area (Å²) in [6, 6.07) is 28.7. The Bertz CT molecular complexity index is 2720. The maximum atomic E-state index is 11.2. The lowest BCUT2D eigenvalue weighted by molar-refractivity contribution is 0.242. The highest BCUT2D eigenvalue weighted by molar-refractivity contribution is 5.86. The van der Waals surface area contributed by atoms with Gasteiger partial charge in [0.05, 0.1) is 38.2 Å². The molecular weight excluding hydrogens is 799 g/mol. The highest BCUT2D eigenvalue weighted by atomic mass is 16.5. The number of ether oxygens (including phenoxy) is 3. The summed E-state index contributed by atoms with van der Waals surface area (Å²) in [6.07, 6.45) is 15.1. The van der Waals surface area contributed by atoms with Gasteiger partial charge in [-0.1, -0.05) is 85.3 Å². The number of methoxy groups -OCH3 is 2. The van der Waals surface area contributed by atoms with Gasteiger partial charge in [-0.05, 0) is 119 Å². The Morgan fingerprint density at radius 1 is 0.766 bits per heavy atom. The second-order valence-electron chi connectivity index (χ2n) is 16.2. The highest BCUT2D eigenvalue weighted by Crippen LogP contribution is 2.39. The lowest BCUT2D eigenvalue weighted by atomic mass is 9.95. The van der Waals surface area contributed by atoms with Crippen molar-refractivity contribution in [1.82, 2.24) is 25.9 Å². The number of hydrogen-bond donors (Lipinski definition) is 5. The lowest BCUT2D eigenvalue weighted by Crippen LogP contribution is -2.32. The smallest absolute Gasteiger partial charge is 0.161 e. The molecule has 7 rings (SSSR count). The van der Waals surface area contributed by atoms with Crippen molar-refractivity contribution in [1.29, 1.82) is 0 Å². The Labute approximate surface area is 377 Å². The fourth-order valence-electron chi connectivity index (χ4n) is 7.44. The average Bonchev–Trinajstić information content (AvgIpc) is 3.30. The lowest BCUT2D eigenvalue weighted by Gasteiger charge is -2.26. The van der Waals surface area contributed by atoms with E-state index < -0.39 is 0 Å². The Balaban J connectivity index is 0.000000214. The quantitative estimate of drug-likeness (QED) is 0.0636. The van der Waals surface area contributed by atoms with Crippen LogP contribution in [-0.4, -0.2) is 47.0 Å². The van der Waals surface area contributed by atoms with Gasteiger partial charge in [-0.25, -0.2) is 0 Å². The van der Waals surface area contributed by atoms with Gasteiger partial charge in [0.1, 0.15) is 28.3 Å². The molecule has 4 aromatic carbocycles. The van der Waals surface area contributed by atoms with Crippen LogP contribution in [0.15, 0.2) is 162 Å². The van der Waals surface area contributed by atoms with Crippen LogP contribution in [0, 0.1) is 0 Å². The molecule has 0 aliphatic carbocycles. The van der Waals surface area contributed by atoms with E-state index in [1.807, 2.05) is 112 Å². The van der Waals surface area contributed by atoms with Crippen molar-refractivity contribution >= 4 is 21.8 Å². The molecule has 10 heteroatoms. The zero-order chi connectivity index (χ0) is 45.8. The van der Waals surface area contributed by atoms with Crippen molar-refractivity contribution < 1.29 is 24.4 Å². The predicted octanol–water partition coefficient (Wildman–Crippen LogP) is 11.6. The average molecular weight is 860 g/mol. The number of nitrogens with zero attached hydrogens (tertiary/aromatic N) is 2. The molecule has 0 amide bonds. The number of fused-ring (bicyclic) bond motifs is 2. The van der Waals surface area contributed by atoms with Gasteiger partial charge in [-0.3, -0.25) is 9.97 Å². The number of aromatic nitrogens is 2. The SMILES string of the molecule is CC/C(C)=C/C=C(C)\C=C(/C)NC(c1ccc(OC)c(OC)c1)c1ccc2cccnc2c1O.CC1=CCNC(NC(c2ccc(OC(C)C)cc2)c2ccc3cccnc3c2O)=C1.